The van der Waals surface area contributed by atoms with Crippen LogP contribution in [0.5, 0.6) is 0 Å². The zero-order chi connectivity index (χ0) is 11.6. The molecule has 16 heavy (non-hydrogen) atoms. The summed E-state index contributed by atoms with van der Waals surface area (Å²) < 4.78 is 26.8. The summed E-state index contributed by atoms with van der Waals surface area (Å²) >= 11 is 4.80. The van der Waals surface area contributed by atoms with Crippen molar-refractivity contribution in [2.45, 2.75) is 11.6 Å². The van der Waals surface area contributed by atoms with Gasteiger partial charge in [0.2, 0.25) is 0 Å². The Kier molecular flexibility index (Phi) is 3.43. The van der Waals surface area contributed by atoms with E-state index in [1.54, 1.807) is 0 Å². The Bertz CT molecular complexity index is 562. The Hall–Kier alpha value is -0.700. The average Bonchev–Trinajstić information content (AvgIpc) is 2.85. The average molecular weight is 322 g/mol. The Morgan fingerprint density at radius 1 is 1.56 bits per heavy atom. The lowest BCUT2D eigenvalue weighted by Gasteiger charge is -2.02. The first-order valence-corrected chi connectivity index (χ1v) is 7.44. The third-order valence-corrected chi connectivity index (χ3v) is 4.85. The highest BCUT2D eigenvalue weighted by molar-refractivity contribution is 9.10. The molecule has 0 atom stereocenters. The third-order valence-electron chi connectivity index (χ3n) is 1.82. The van der Waals surface area contributed by atoms with Crippen LogP contribution in [-0.2, 0) is 16.6 Å². The predicted molar refractivity (Wildman–Crippen MR) is 64.6 cm³/mol. The molecule has 0 unspecified atom stereocenters. The van der Waals surface area contributed by atoms with Crippen LogP contribution in [0.1, 0.15) is 4.88 Å². The lowest BCUT2D eigenvalue weighted by molar-refractivity contribution is 0.578. The number of sulfonamides is 1. The number of halogens is 1. The molecule has 0 spiro atoms. The van der Waals surface area contributed by atoms with Gasteiger partial charge in [-0.1, -0.05) is 0 Å². The molecule has 0 bridgehead atoms. The van der Waals surface area contributed by atoms with Gasteiger partial charge in [-0.25, -0.2) is 18.1 Å². The van der Waals surface area contributed by atoms with Crippen molar-refractivity contribution in [1.82, 2.24) is 14.7 Å². The Balaban J connectivity index is 2.06. The summed E-state index contributed by atoms with van der Waals surface area (Å²) in [4.78, 5) is 7.16. The first-order valence-electron chi connectivity index (χ1n) is 4.29. The molecular formula is C8H8BrN3O2S2. The van der Waals surface area contributed by atoms with Crippen LogP contribution in [0.15, 0.2) is 33.5 Å². The van der Waals surface area contributed by atoms with Crippen LogP contribution in [0.2, 0.25) is 0 Å². The summed E-state index contributed by atoms with van der Waals surface area (Å²) in [6.07, 6.45) is 2.60. The quantitative estimate of drug-likeness (QED) is 0.900. The maximum absolute atomic E-state index is 11.7. The van der Waals surface area contributed by atoms with E-state index in [2.05, 4.69) is 30.6 Å². The van der Waals surface area contributed by atoms with E-state index in [1.807, 2.05) is 11.4 Å². The maximum Gasteiger partial charge on any atom is 0.257 e. The topological polar surface area (TPSA) is 74.8 Å². The van der Waals surface area contributed by atoms with Crippen molar-refractivity contribution in [3.63, 3.8) is 0 Å². The first kappa shape index (κ1) is 11.8. The van der Waals surface area contributed by atoms with Crippen molar-refractivity contribution in [3.05, 3.63) is 33.3 Å². The highest BCUT2D eigenvalue weighted by Gasteiger charge is 2.15. The number of aromatic amines is 1. The van der Waals surface area contributed by atoms with E-state index >= 15 is 0 Å². The summed E-state index contributed by atoms with van der Waals surface area (Å²) in [5, 5.41) is 1.97. The van der Waals surface area contributed by atoms with Gasteiger partial charge >= 0.3 is 0 Å². The molecule has 0 saturated heterocycles. The standard InChI is InChI=1S/C8H8BrN3O2S2/c9-6-1-7(15-4-6)2-12-16(13,14)8-3-10-5-11-8/h1,3-5,12H,2H2,(H,10,11). The molecule has 2 aromatic heterocycles. The molecule has 0 fully saturated rings. The van der Waals surface area contributed by atoms with Crippen LogP contribution in [0.4, 0.5) is 0 Å². The lowest BCUT2D eigenvalue weighted by Crippen LogP contribution is -2.23. The predicted octanol–water partition coefficient (Wildman–Crippen LogP) is 1.71. The van der Waals surface area contributed by atoms with Crippen LogP contribution in [-0.4, -0.2) is 18.4 Å². The molecule has 0 aromatic carbocycles. The van der Waals surface area contributed by atoms with E-state index in [0.29, 0.717) is 0 Å². The van der Waals surface area contributed by atoms with Gasteiger partial charge < -0.3 is 4.98 Å². The van der Waals surface area contributed by atoms with Crippen LogP contribution in [0.25, 0.3) is 0 Å². The minimum atomic E-state index is -3.48. The SMILES string of the molecule is O=S(=O)(NCc1cc(Br)cs1)c1cnc[nH]1. The molecule has 0 aliphatic rings. The molecule has 2 N–H and O–H groups in total. The van der Waals surface area contributed by atoms with Gasteiger partial charge in [0.15, 0.2) is 5.03 Å². The molecule has 2 aromatic rings. The second-order valence-corrected chi connectivity index (χ2v) is 6.62. The molecule has 2 rings (SSSR count). The molecule has 0 radical (unpaired) electrons. The van der Waals surface area contributed by atoms with Gasteiger partial charge in [0.05, 0.1) is 12.5 Å². The fourth-order valence-electron chi connectivity index (χ4n) is 1.08. The summed E-state index contributed by atoms with van der Waals surface area (Å²) in [6.45, 7) is 0.275. The fraction of sp³-hybridized carbons (Fsp3) is 0.125. The number of imidazole rings is 1. The van der Waals surface area contributed by atoms with Gasteiger partial charge in [-0.05, 0) is 22.0 Å². The first-order chi connectivity index (χ1) is 7.58. The van der Waals surface area contributed by atoms with Crippen molar-refractivity contribution in [3.8, 4) is 0 Å². The normalized spacial score (nSPS) is 11.8. The van der Waals surface area contributed by atoms with Crippen LogP contribution < -0.4 is 4.72 Å². The molecule has 0 aliphatic carbocycles. The number of hydrogen-bond acceptors (Lipinski definition) is 4. The van der Waals surface area contributed by atoms with Gasteiger partial charge in [-0.15, -0.1) is 11.3 Å². The Labute approximate surface area is 105 Å². The molecular weight excluding hydrogens is 314 g/mol. The molecule has 8 heteroatoms. The van der Waals surface area contributed by atoms with Crippen molar-refractivity contribution < 1.29 is 8.42 Å². The minimum absolute atomic E-state index is 0.0723. The second-order valence-electron chi connectivity index (χ2n) is 2.97. The second kappa shape index (κ2) is 4.66. The van der Waals surface area contributed by atoms with Crippen molar-refractivity contribution in [2.75, 3.05) is 0 Å². The molecule has 2 heterocycles. The summed E-state index contributed by atoms with van der Waals surface area (Å²) in [6, 6.07) is 1.88. The summed E-state index contributed by atoms with van der Waals surface area (Å²) in [5.74, 6) is 0. The number of rotatable bonds is 4. The van der Waals surface area contributed by atoms with Crippen LogP contribution in [0, 0.1) is 0 Å². The van der Waals surface area contributed by atoms with Gasteiger partial charge in [0.25, 0.3) is 10.0 Å². The lowest BCUT2D eigenvalue weighted by atomic mass is 10.5. The third kappa shape index (κ3) is 2.70. The van der Waals surface area contributed by atoms with Gasteiger partial charge in [0, 0.05) is 21.3 Å². The molecule has 0 amide bonds. The fourth-order valence-corrected chi connectivity index (χ4v) is 3.47. The number of aromatic nitrogens is 2. The highest BCUT2D eigenvalue weighted by Crippen LogP contribution is 2.19. The van der Waals surface area contributed by atoms with Crippen molar-refractivity contribution in [1.29, 1.82) is 0 Å². The zero-order valence-electron chi connectivity index (χ0n) is 7.97. The molecule has 0 saturated carbocycles. The minimum Gasteiger partial charge on any atom is -0.335 e. The largest absolute Gasteiger partial charge is 0.335 e. The molecule has 5 nitrogen and oxygen atoms in total. The van der Waals surface area contributed by atoms with Crippen LogP contribution >= 0.6 is 27.3 Å². The number of nitrogens with zero attached hydrogens (tertiary/aromatic N) is 1. The van der Waals surface area contributed by atoms with Crippen LogP contribution in [0.3, 0.4) is 0 Å². The monoisotopic (exact) mass is 321 g/mol. The van der Waals surface area contributed by atoms with Gasteiger partial charge in [-0.2, -0.15) is 0 Å². The van der Waals surface area contributed by atoms with Crippen molar-refractivity contribution >= 4 is 37.3 Å². The van der Waals surface area contributed by atoms with Gasteiger partial charge in [-0.3, -0.25) is 0 Å². The van der Waals surface area contributed by atoms with Gasteiger partial charge in [0.1, 0.15) is 0 Å². The summed E-state index contributed by atoms with van der Waals surface area (Å²) in [7, 11) is -3.48. The number of H-pyrrole nitrogens is 1. The van der Waals surface area contributed by atoms with E-state index in [-0.39, 0.29) is 11.6 Å². The summed E-state index contributed by atoms with van der Waals surface area (Å²) in [5.41, 5.74) is 0. The number of hydrogen-bond donors (Lipinski definition) is 2. The Morgan fingerprint density at radius 2 is 2.38 bits per heavy atom. The Morgan fingerprint density at radius 3 is 2.94 bits per heavy atom. The van der Waals surface area contributed by atoms with E-state index in [1.165, 1.54) is 23.9 Å². The van der Waals surface area contributed by atoms with E-state index < -0.39 is 10.0 Å². The smallest absolute Gasteiger partial charge is 0.257 e. The van der Waals surface area contributed by atoms with E-state index in [0.717, 1.165) is 9.35 Å². The highest BCUT2D eigenvalue weighted by atomic mass is 79.9. The zero-order valence-corrected chi connectivity index (χ0v) is 11.2. The van der Waals surface area contributed by atoms with Crippen molar-refractivity contribution in [2.24, 2.45) is 0 Å². The number of nitrogens with one attached hydrogen (secondary N) is 2. The number of thiophene rings is 1. The maximum atomic E-state index is 11.7. The molecule has 0 aliphatic heterocycles. The van der Waals surface area contributed by atoms with E-state index in [4.69, 9.17) is 0 Å². The van der Waals surface area contributed by atoms with E-state index in [9.17, 15) is 8.42 Å². The molecule has 86 valence electrons.